The number of phenolic OH excluding ortho intramolecular Hbond substituents is 1. The van der Waals surface area contributed by atoms with E-state index >= 15 is 0 Å². The monoisotopic (exact) mass is 237 g/mol. The predicted octanol–water partition coefficient (Wildman–Crippen LogP) is 3.85. The molecule has 0 aliphatic heterocycles. The maximum Gasteiger partial charge on any atom is 0.115 e. The van der Waals surface area contributed by atoms with Gasteiger partial charge in [0.25, 0.3) is 0 Å². The summed E-state index contributed by atoms with van der Waals surface area (Å²) in [4.78, 5) is 0. The Balaban J connectivity index is 1.97. The highest BCUT2D eigenvalue weighted by Crippen LogP contribution is 2.40. The van der Waals surface area contributed by atoms with Crippen LogP contribution in [0.4, 0.5) is 0 Å². The van der Waals surface area contributed by atoms with Crippen LogP contribution in [-0.2, 0) is 11.8 Å². The lowest BCUT2D eigenvalue weighted by Crippen LogP contribution is -2.28. The van der Waals surface area contributed by atoms with Gasteiger partial charge in [0.15, 0.2) is 0 Å². The van der Waals surface area contributed by atoms with E-state index in [0.29, 0.717) is 5.75 Å². The molecule has 0 saturated carbocycles. The minimum atomic E-state index is 0.102. The largest absolute Gasteiger partial charge is 0.508 e. The Morgan fingerprint density at radius 1 is 1.06 bits per heavy atom. The molecule has 1 N–H and O–H groups in total. The highest BCUT2D eigenvalue weighted by molar-refractivity contribution is 5.46. The predicted molar refractivity (Wildman–Crippen MR) is 73.6 cm³/mol. The molecular formula is C17H17O. The number of aryl methyl sites for hydroxylation is 1. The van der Waals surface area contributed by atoms with Crippen molar-refractivity contribution in [1.82, 2.24) is 0 Å². The van der Waals surface area contributed by atoms with Crippen molar-refractivity contribution in [3.8, 4) is 5.75 Å². The Labute approximate surface area is 108 Å². The molecule has 18 heavy (non-hydrogen) atoms. The molecule has 1 heteroatoms. The van der Waals surface area contributed by atoms with Gasteiger partial charge in [-0.05, 0) is 41.7 Å². The highest BCUT2D eigenvalue weighted by Gasteiger charge is 2.31. The minimum Gasteiger partial charge on any atom is -0.508 e. The zero-order valence-electron chi connectivity index (χ0n) is 10.6. The van der Waals surface area contributed by atoms with Crippen LogP contribution in [0.15, 0.2) is 48.5 Å². The Morgan fingerprint density at radius 2 is 1.83 bits per heavy atom. The summed E-state index contributed by atoms with van der Waals surface area (Å²) in [5.41, 5.74) is 3.98. The molecule has 1 atom stereocenters. The molecule has 1 aliphatic carbocycles. The summed E-state index contributed by atoms with van der Waals surface area (Å²) < 4.78 is 0. The van der Waals surface area contributed by atoms with Gasteiger partial charge in [0.1, 0.15) is 5.75 Å². The summed E-state index contributed by atoms with van der Waals surface area (Å²) in [6.07, 6.45) is 4.44. The zero-order valence-corrected chi connectivity index (χ0v) is 10.6. The fourth-order valence-electron chi connectivity index (χ4n) is 2.81. The summed E-state index contributed by atoms with van der Waals surface area (Å²) >= 11 is 0. The number of hydrogen-bond donors (Lipinski definition) is 1. The normalized spacial score (nSPS) is 22.5. The molecule has 1 aliphatic rings. The molecule has 0 spiro atoms. The number of fused-ring (bicyclic) bond motifs is 1. The average Bonchev–Trinajstić information content (AvgIpc) is 2.40. The van der Waals surface area contributed by atoms with Crippen LogP contribution in [-0.4, -0.2) is 5.11 Å². The molecule has 2 aromatic rings. The van der Waals surface area contributed by atoms with Crippen molar-refractivity contribution in [2.75, 3.05) is 0 Å². The number of aromatic hydroxyl groups is 1. The fraction of sp³-hybridized carbons (Fsp3) is 0.235. The first-order valence-electron chi connectivity index (χ1n) is 6.41. The molecule has 0 aromatic heterocycles. The van der Waals surface area contributed by atoms with E-state index in [1.807, 2.05) is 12.1 Å². The SMILES string of the molecule is CC1(c2ccccc2)[CH]c2ccc(O)cc2CC1. The van der Waals surface area contributed by atoms with Gasteiger partial charge in [-0.3, -0.25) is 0 Å². The molecule has 1 unspecified atom stereocenters. The number of benzene rings is 2. The highest BCUT2D eigenvalue weighted by atomic mass is 16.3. The van der Waals surface area contributed by atoms with Crippen LogP contribution < -0.4 is 0 Å². The second-order valence-electron chi connectivity index (χ2n) is 5.31. The van der Waals surface area contributed by atoms with Crippen molar-refractivity contribution in [1.29, 1.82) is 0 Å². The number of hydrogen-bond acceptors (Lipinski definition) is 1. The lowest BCUT2D eigenvalue weighted by atomic mass is 9.69. The van der Waals surface area contributed by atoms with Crippen LogP contribution in [0, 0.1) is 6.42 Å². The van der Waals surface area contributed by atoms with Crippen molar-refractivity contribution >= 4 is 0 Å². The summed E-state index contributed by atoms with van der Waals surface area (Å²) in [6.45, 7) is 2.29. The first kappa shape index (κ1) is 11.3. The van der Waals surface area contributed by atoms with E-state index in [-0.39, 0.29) is 5.41 Å². The summed E-state index contributed by atoms with van der Waals surface area (Å²) in [5.74, 6) is 0.366. The first-order chi connectivity index (χ1) is 8.67. The Hall–Kier alpha value is -1.76. The lowest BCUT2D eigenvalue weighted by Gasteiger charge is -2.35. The summed E-state index contributed by atoms with van der Waals surface area (Å²) in [5, 5.41) is 9.52. The van der Waals surface area contributed by atoms with Crippen molar-refractivity contribution in [3.63, 3.8) is 0 Å². The van der Waals surface area contributed by atoms with E-state index in [0.717, 1.165) is 12.8 Å². The van der Waals surface area contributed by atoms with Gasteiger partial charge < -0.3 is 5.11 Å². The van der Waals surface area contributed by atoms with Crippen LogP contribution in [0.3, 0.4) is 0 Å². The third-order valence-corrected chi connectivity index (χ3v) is 3.95. The second-order valence-corrected chi connectivity index (χ2v) is 5.31. The number of phenols is 1. The molecule has 0 fully saturated rings. The average molecular weight is 237 g/mol. The molecule has 1 radical (unpaired) electrons. The van der Waals surface area contributed by atoms with Gasteiger partial charge in [0.05, 0.1) is 0 Å². The van der Waals surface area contributed by atoms with Crippen LogP contribution >= 0.6 is 0 Å². The van der Waals surface area contributed by atoms with E-state index < -0.39 is 0 Å². The Morgan fingerprint density at radius 3 is 2.61 bits per heavy atom. The first-order valence-corrected chi connectivity index (χ1v) is 6.41. The van der Waals surface area contributed by atoms with E-state index in [9.17, 15) is 5.11 Å². The van der Waals surface area contributed by atoms with Crippen molar-refractivity contribution in [2.24, 2.45) is 0 Å². The van der Waals surface area contributed by atoms with Gasteiger partial charge in [-0.2, -0.15) is 0 Å². The van der Waals surface area contributed by atoms with Crippen LogP contribution in [0.1, 0.15) is 30.0 Å². The maximum atomic E-state index is 9.52. The van der Waals surface area contributed by atoms with Gasteiger partial charge >= 0.3 is 0 Å². The van der Waals surface area contributed by atoms with Gasteiger partial charge in [-0.25, -0.2) is 0 Å². The van der Waals surface area contributed by atoms with Crippen molar-refractivity contribution in [2.45, 2.75) is 25.2 Å². The molecular weight excluding hydrogens is 220 g/mol. The fourth-order valence-corrected chi connectivity index (χ4v) is 2.81. The molecule has 0 amide bonds. The van der Waals surface area contributed by atoms with E-state index in [1.54, 1.807) is 6.07 Å². The molecule has 91 valence electrons. The smallest absolute Gasteiger partial charge is 0.115 e. The molecule has 3 rings (SSSR count). The lowest BCUT2D eigenvalue weighted by molar-refractivity contribution is 0.466. The molecule has 0 bridgehead atoms. The number of rotatable bonds is 1. The summed E-state index contributed by atoms with van der Waals surface area (Å²) in [6, 6.07) is 16.3. The Kier molecular flexibility index (Phi) is 2.62. The van der Waals surface area contributed by atoms with E-state index in [4.69, 9.17) is 0 Å². The van der Waals surface area contributed by atoms with Gasteiger partial charge in [0.2, 0.25) is 0 Å². The third kappa shape index (κ3) is 1.90. The standard InChI is InChI=1S/C17H17O/c1-17(15-5-3-2-4-6-15)10-9-13-11-16(18)8-7-14(13)12-17/h2-8,11-12,18H,9-10H2,1H3. The van der Waals surface area contributed by atoms with E-state index in [2.05, 4.69) is 43.7 Å². The van der Waals surface area contributed by atoms with Crippen molar-refractivity contribution in [3.05, 3.63) is 71.6 Å². The molecule has 1 nitrogen and oxygen atoms in total. The van der Waals surface area contributed by atoms with Gasteiger partial charge in [0, 0.05) is 11.8 Å². The quantitative estimate of drug-likeness (QED) is 0.798. The molecule has 0 saturated heterocycles. The zero-order chi connectivity index (χ0) is 12.6. The van der Waals surface area contributed by atoms with Crippen LogP contribution in [0.25, 0.3) is 0 Å². The van der Waals surface area contributed by atoms with Crippen LogP contribution in [0.2, 0.25) is 0 Å². The summed E-state index contributed by atoms with van der Waals surface area (Å²) in [7, 11) is 0. The maximum absolute atomic E-state index is 9.52. The topological polar surface area (TPSA) is 20.2 Å². The molecule has 2 aromatic carbocycles. The van der Waals surface area contributed by atoms with Gasteiger partial charge in [-0.1, -0.05) is 43.3 Å². The second kappa shape index (κ2) is 4.16. The minimum absolute atomic E-state index is 0.102. The van der Waals surface area contributed by atoms with Crippen molar-refractivity contribution < 1.29 is 5.11 Å². The van der Waals surface area contributed by atoms with E-state index in [1.165, 1.54) is 16.7 Å². The molecule has 0 heterocycles. The third-order valence-electron chi connectivity index (χ3n) is 3.95. The van der Waals surface area contributed by atoms with Crippen LogP contribution in [0.5, 0.6) is 5.75 Å². The Bertz CT molecular complexity index is 559. The van der Waals surface area contributed by atoms with Gasteiger partial charge in [-0.15, -0.1) is 0 Å².